The molecular weight excluding hydrogens is 265 g/mol. The standard InChI is InChI=1S/C18H28FNO/c1-4-20-11-15-6-8-18(19)16(10-15)12-21-17-7-5-13(2)14(3)9-17/h6,8,10,13-14,17,20H,4-5,7,9,11-12H2,1-3H3. The maximum absolute atomic E-state index is 13.9. The van der Waals surface area contributed by atoms with Gasteiger partial charge in [-0.05, 0) is 55.3 Å². The molecule has 3 heteroatoms. The van der Waals surface area contributed by atoms with Crippen molar-refractivity contribution in [3.63, 3.8) is 0 Å². The van der Waals surface area contributed by atoms with Crippen molar-refractivity contribution in [1.29, 1.82) is 0 Å². The zero-order chi connectivity index (χ0) is 15.2. The summed E-state index contributed by atoms with van der Waals surface area (Å²) < 4.78 is 19.9. The average molecular weight is 293 g/mol. The summed E-state index contributed by atoms with van der Waals surface area (Å²) in [6.07, 6.45) is 3.70. The zero-order valence-corrected chi connectivity index (χ0v) is 13.5. The van der Waals surface area contributed by atoms with Gasteiger partial charge in [-0.2, -0.15) is 0 Å². The molecule has 21 heavy (non-hydrogen) atoms. The molecule has 3 unspecified atom stereocenters. The lowest BCUT2D eigenvalue weighted by Crippen LogP contribution is -2.26. The van der Waals surface area contributed by atoms with E-state index in [1.165, 1.54) is 6.42 Å². The molecule has 0 aliphatic heterocycles. The van der Waals surface area contributed by atoms with Crippen LogP contribution in [-0.4, -0.2) is 12.6 Å². The normalized spacial score (nSPS) is 26.0. The van der Waals surface area contributed by atoms with Crippen LogP contribution < -0.4 is 5.32 Å². The summed E-state index contributed by atoms with van der Waals surface area (Å²) in [5.74, 6) is 1.33. The molecule has 3 atom stereocenters. The van der Waals surface area contributed by atoms with E-state index in [9.17, 15) is 4.39 Å². The Bertz CT molecular complexity index is 449. The number of hydrogen-bond donors (Lipinski definition) is 1. The second kappa shape index (κ2) is 7.90. The quantitative estimate of drug-likeness (QED) is 0.845. The molecule has 0 spiro atoms. The second-order valence-electron chi connectivity index (χ2n) is 6.41. The third kappa shape index (κ3) is 4.79. The molecular formula is C18H28FNO. The third-order valence-corrected chi connectivity index (χ3v) is 4.71. The van der Waals surface area contributed by atoms with E-state index in [1.807, 2.05) is 12.1 Å². The minimum absolute atomic E-state index is 0.160. The Morgan fingerprint density at radius 2 is 2.05 bits per heavy atom. The predicted octanol–water partition coefficient (Wildman–Crippen LogP) is 4.28. The topological polar surface area (TPSA) is 21.3 Å². The molecule has 2 rings (SSSR count). The van der Waals surface area contributed by atoms with Gasteiger partial charge in [-0.25, -0.2) is 4.39 Å². The Morgan fingerprint density at radius 3 is 2.76 bits per heavy atom. The Kier molecular flexibility index (Phi) is 6.19. The molecule has 0 radical (unpaired) electrons. The predicted molar refractivity (Wildman–Crippen MR) is 84.5 cm³/mol. The Balaban J connectivity index is 1.90. The van der Waals surface area contributed by atoms with Crippen LogP contribution >= 0.6 is 0 Å². The van der Waals surface area contributed by atoms with E-state index in [-0.39, 0.29) is 11.9 Å². The highest BCUT2D eigenvalue weighted by atomic mass is 19.1. The number of rotatable bonds is 6. The summed E-state index contributed by atoms with van der Waals surface area (Å²) in [4.78, 5) is 0. The van der Waals surface area contributed by atoms with Gasteiger partial charge in [0.1, 0.15) is 5.82 Å². The first-order valence-electron chi connectivity index (χ1n) is 8.19. The van der Waals surface area contributed by atoms with Gasteiger partial charge in [-0.1, -0.05) is 26.8 Å². The minimum atomic E-state index is -0.160. The highest BCUT2D eigenvalue weighted by molar-refractivity contribution is 5.24. The van der Waals surface area contributed by atoms with Gasteiger partial charge in [0, 0.05) is 12.1 Å². The lowest BCUT2D eigenvalue weighted by molar-refractivity contribution is -0.00848. The molecule has 118 valence electrons. The summed E-state index contributed by atoms with van der Waals surface area (Å²) in [5, 5.41) is 3.26. The minimum Gasteiger partial charge on any atom is -0.373 e. The van der Waals surface area contributed by atoms with Crippen LogP contribution in [0.4, 0.5) is 4.39 Å². The fourth-order valence-electron chi connectivity index (χ4n) is 2.98. The summed E-state index contributed by atoms with van der Waals surface area (Å²) in [7, 11) is 0. The Morgan fingerprint density at radius 1 is 1.24 bits per heavy atom. The van der Waals surface area contributed by atoms with Gasteiger partial charge in [0.2, 0.25) is 0 Å². The molecule has 1 aliphatic rings. The van der Waals surface area contributed by atoms with E-state index in [4.69, 9.17) is 4.74 Å². The van der Waals surface area contributed by atoms with Gasteiger partial charge >= 0.3 is 0 Å². The molecule has 1 aromatic carbocycles. The van der Waals surface area contributed by atoms with Crippen molar-refractivity contribution in [2.24, 2.45) is 11.8 Å². The first-order valence-corrected chi connectivity index (χ1v) is 8.19. The molecule has 0 heterocycles. The second-order valence-corrected chi connectivity index (χ2v) is 6.41. The van der Waals surface area contributed by atoms with Gasteiger partial charge in [-0.15, -0.1) is 0 Å². The van der Waals surface area contributed by atoms with Gasteiger partial charge in [0.25, 0.3) is 0 Å². The Hall–Kier alpha value is -0.930. The van der Waals surface area contributed by atoms with Crippen LogP contribution in [0.3, 0.4) is 0 Å². The molecule has 1 fully saturated rings. The summed E-state index contributed by atoms with van der Waals surface area (Å²) in [6.45, 7) is 8.75. The SMILES string of the molecule is CCNCc1ccc(F)c(COC2CCC(C)C(C)C2)c1. The lowest BCUT2D eigenvalue weighted by atomic mass is 9.80. The third-order valence-electron chi connectivity index (χ3n) is 4.71. The molecule has 2 nitrogen and oxygen atoms in total. The fourth-order valence-corrected chi connectivity index (χ4v) is 2.98. The maximum atomic E-state index is 13.9. The molecule has 1 aliphatic carbocycles. The van der Waals surface area contributed by atoms with E-state index >= 15 is 0 Å². The van der Waals surface area contributed by atoms with Crippen LogP contribution in [0.25, 0.3) is 0 Å². The van der Waals surface area contributed by atoms with Crippen LogP contribution in [0.2, 0.25) is 0 Å². The number of halogens is 1. The van der Waals surface area contributed by atoms with Gasteiger partial charge in [0.05, 0.1) is 12.7 Å². The molecule has 0 amide bonds. The van der Waals surface area contributed by atoms with E-state index in [2.05, 4.69) is 26.1 Å². The van der Waals surface area contributed by atoms with Gasteiger partial charge in [-0.3, -0.25) is 0 Å². The van der Waals surface area contributed by atoms with Crippen molar-refractivity contribution >= 4 is 0 Å². The number of nitrogens with one attached hydrogen (secondary N) is 1. The van der Waals surface area contributed by atoms with Crippen molar-refractivity contribution < 1.29 is 9.13 Å². The maximum Gasteiger partial charge on any atom is 0.128 e. The molecule has 0 aromatic heterocycles. The zero-order valence-electron chi connectivity index (χ0n) is 13.5. The van der Waals surface area contributed by atoms with Crippen LogP contribution in [0.1, 0.15) is 51.2 Å². The van der Waals surface area contributed by atoms with E-state index in [1.54, 1.807) is 6.07 Å². The monoisotopic (exact) mass is 293 g/mol. The molecule has 1 N–H and O–H groups in total. The largest absolute Gasteiger partial charge is 0.373 e. The van der Waals surface area contributed by atoms with Crippen LogP contribution in [0.5, 0.6) is 0 Å². The summed E-state index contributed by atoms with van der Waals surface area (Å²) >= 11 is 0. The van der Waals surface area contributed by atoms with Crippen molar-refractivity contribution in [3.05, 3.63) is 35.1 Å². The molecule has 1 aromatic rings. The molecule has 0 bridgehead atoms. The number of benzene rings is 1. The van der Waals surface area contributed by atoms with Crippen LogP contribution in [0, 0.1) is 17.7 Å². The van der Waals surface area contributed by atoms with Crippen molar-refractivity contribution in [1.82, 2.24) is 5.32 Å². The molecule has 1 saturated carbocycles. The number of hydrogen-bond acceptors (Lipinski definition) is 2. The lowest BCUT2D eigenvalue weighted by Gasteiger charge is -2.32. The van der Waals surface area contributed by atoms with E-state index in [0.717, 1.165) is 37.4 Å². The van der Waals surface area contributed by atoms with E-state index < -0.39 is 0 Å². The highest BCUT2D eigenvalue weighted by Gasteiger charge is 2.25. The van der Waals surface area contributed by atoms with Crippen LogP contribution in [0.15, 0.2) is 18.2 Å². The fraction of sp³-hybridized carbons (Fsp3) is 0.667. The van der Waals surface area contributed by atoms with Gasteiger partial charge < -0.3 is 10.1 Å². The van der Waals surface area contributed by atoms with Crippen LogP contribution in [-0.2, 0) is 17.9 Å². The smallest absolute Gasteiger partial charge is 0.128 e. The van der Waals surface area contributed by atoms with Crippen molar-refractivity contribution in [3.8, 4) is 0 Å². The van der Waals surface area contributed by atoms with Crippen molar-refractivity contribution in [2.75, 3.05) is 6.54 Å². The first-order chi connectivity index (χ1) is 10.1. The van der Waals surface area contributed by atoms with Crippen molar-refractivity contribution in [2.45, 2.75) is 59.3 Å². The first kappa shape index (κ1) is 16.4. The Labute approximate surface area is 128 Å². The highest BCUT2D eigenvalue weighted by Crippen LogP contribution is 2.31. The number of ether oxygens (including phenoxy) is 1. The molecule has 0 saturated heterocycles. The van der Waals surface area contributed by atoms with E-state index in [0.29, 0.717) is 18.1 Å². The van der Waals surface area contributed by atoms with Gasteiger partial charge in [0.15, 0.2) is 0 Å². The average Bonchev–Trinajstić information content (AvgIpc) is 2.48. The summed E-state index contributed by atoms with van der Waals surface area (Å²) in [6, 6.07) is 5.32. The summed E-state index contributed by atoms with van der Waals surface area (Å²) in [5.41, 5.74) is 1.79.